The molecule has 0 heterocycles. The van der Waals surface area contributed by atoms with Crippen LogP contribution in [0, 0.1) is 16.7 Å². The molecular weight excluding hydrogens is 140 g/mol. The highest BCUT2D eigenvalue weighted by Gasteiger charge is 2.80. The summed E-state index contributed by atoms with van der Waals surface area (Å²) in [6.07, 6.45) is 2.44. The van der Waals surface area contributed by atoms with Crippen molar-refractivity contribution in [3.8, 4) is 0 Å². The van der Waals surface area contributed by atoms with E-state index in [1.54, 1.807) is 0 Å². The van der Waals surface area contributed by atoms with E-state index in [-0.39, 0.29) is 17.3 Å². The van der Waals surface area contributed by atoms with Crippen LogP contribution >= 0.6 is 0 Å². The Labute approximate surface area is 66.9 Å². The van der Waals surface area contributed by atoms with E-state index < -0.39 is 0 Å². The van der Waals surface area contributed by atoms with Crippen molar-refractivity contribution in [2.45, 2.75) is 26.7 Å². The Morgan fingerprint density at radius 1 is 1.45 bits per heavy atom. The molecular formula is C9H14O2. The Kier molecular flexibility index (Phi) is 1.05. The molecule has 2 aliphatic carbocycles. The molecule has 0 saturated heterocycles. The monoisotopic (exact) mass is 154 g/mol. The maximum Gasteiger partial charge on any atom is 0.309 e. The van der Waals surface area contributed by atoms with Crippen molar-refractivity contribution in [1.29, 1.82) is 0 Å². The first-order chi connectivity index (χ1) is 5.06. The summed E-state index contributed by atoms with van der Waals surface area (Å²) in [6, 6.07) is 0. The summed E-state index contributed by atoms with van der Waals surface area (Å²) in [7, 11) is 1.48. The summed E-state index contributed by atoms with van der Waals surface area (Å²) in [6.45, 7) is 4.34. The minimum Gasteiger partial charge on any atom is -0.469 e. The van der Waals surface area contributed by atoms with E-state index in [9.17, 15) is 4.79 Å². The number of carbonyl (C=O) groups is 1. The fraction of sp³-hybridized carbons (Fsp3) is 0.889. The maximum atomic E-state index is 11.2. The van der Waals surface area contributed by atoms with Crippen LogP contribution in [0.25, 0.3) is 0 Å². The quantitative estimate of drug-likeness (QED) is 0.536. The molecule has 2 nitrogen and oxygen atoms in total. The highest BCUT2D eigenvalue weighted by atomic mass is 16.5. The van der Waals surface area contributed by atoms with Gasteiger partial charge in [0.05, 0.1) is 13.0 Å². The standard InChI is InChI=1S/C9H14O2/c1-8(2)6(7(10)11-3)9(8)4-5-9/h6H,4-5H2,1-3H3. The van der Waals surface area contributed by atoms with Crippen LogP contribution in [0.15, 0.2) is 0 Å². The summed E-state index contributed by atoms with van der Waals surface area (Å²) in [5.41, 5.74) is 0.584. The predicted molar refractivity (Wildman–Crippen MR) is 41.0 cm³/mol. The Hall–Kier alpha value is -0.530. The Morgan fingerprint density at radius 3 is 2.27 bits per heavy atom. The number of rotatable bonds is 1. The van der Waals surface area contributed by atoms with E-state index in [2.05, 4.69) is 13.8 Å². The van der Waals surface area contributed by atoms with Crippen LogP contribution in [-0.2, 0) is 9.53 Å². The van der Waals surface area contributed by atoms with Gasteiger partial charge in [0.25, 0.3) is 0 Å². The van der Waals surface area contributed by atoms with Gasteiger partial charge in [-0.2, -0.15) is 0 Å². The zero-order valence-corrected chi connectivity index (χ0v) is 7.31. The smallest absolute Gasteiger partial charge is 0.309 e. The van der Waals surface area contributed by atoms with Crippen LogP contribution in [-0.4, -0.2) is 13.1 Å². The second-order valence-corrected chi connectivity index (χ2v) is 4.33. The van der Waals surface area contributed by atoms with Crippen molar-refractivity contribution in [2.24, 2.45) is 16.7 Å². The first-order valence-corrected chi connectivity index (χ1v) is 4.14. The Balaban J connectivity index is 2.15. The fourth-order valence-corrected chi connectivity index (χ4v) is 2.65. The van der Waals surface area contributed by atoms with Crippen molar-refractivity contribution >= 4 is 5.97 Å². The number of methoxy groups -OCH3 is 1. The second kappa shape index (κ2) is 1.62. The molecule has 2 saturated carbocycles. The first-order valence-electron chi connectivity index (χ1n) is 4.14. The van der Waals surface area contributed by atoms with Crippen LogP contribution in [0.3, 0.4) is 0 Å². The van der Waals surface area contributed by atoms with Gasteiger partial charge in [0.1, 0.15) is 0 Å². The Morgan fingerprint density at radius 2 is 2.00 bits per heavy atom. The van der Waals surface area contributed by atoms with E-state index in [0.717, 1.165) is 0 Å². The summed E-state index contributed by atoms with van der Waals surface area (Å²) < 4.78 is 4.75. The van der Waals surface area contributed by atoms with E-state index in [1.165, 1.54) is 20.0 Å². The molecule has 62 valence electrons. The summed E-state index contributed by atoms with van der Waals surface area (Å²) in [4.78, 5) is 11.2. The third kappa shape index (κ3) is 0.608. The lowest BCUT2D eigenvalue weighted by Gasteiger charge is -1.99. The molecule has 1 atom stereocenters. The predicted octanol–water partition coefficient (Wildman–Crippen LogP) is 1.60. The van der Waals surface area contributed by atoms with Gasteiger partial charge in [-0.3, -0.25) is 4.79 Å². The molecule has 0 aromatic heterocycles. The van der Waals surface area contributed by atoms with Gasteiger partial charge in [-0.1, -0.05) is 13.8 Å². The topological polar surface area (TPSA) is 26.3 Å². The molecule has 0 aromatic carbocycles. The number of hydrogen-bond acceptors (Lipinski definition) is 2. The van der Waals surface area contributed by atoms with E-state index in [1.807, 2.05) is 0 Å². The lowest BCUT2D eigenvalue weighted by atomic mass is 10.1. The van der Waals surface area contributed by atoms with Gasteiger partial charge in [0, 0.05) is 0 Å². The van der Waals surface area contributed by atoms with Crippen molar-refractivity contribution in [2.75, 3.05) is 7.11 Å². The van der Waals surface area contributed by atoms with Crippen molar-refractivity contribution < 1.29 is 9.53 Å². The molecule has 1 unspecified atom stereocenters. The molecule has 0 bridgehead atoms. The molecule has 1 spiro atoms. The third-order valence-corrected chi connectivity index (χ3v) is 3.70. The second-order valence-electron chi connectivity index (χ2n) is 4.33. The number of ether oxygens (including phenoxy) is 1. The van der Waals surface area contributed by atoms with Gasteiger partial charge in [0.2, 0.25) is 0 Å². The highest BCUT2D eigenvalue weighted by Crippen LogP contribution is 2.82. The van der Waals surface area contributed by atoms with E-state index >= 15 is 0 Å². The first kappa shape index (κ1) is 7.14. The molecule has 0 N–H and O–H groups in total. The third-order valence-electron chi connectivity index (χ3n) is 3.70. The lowest BCUT2D eigenvalue weighted by Crippen LogP contribution is -2.07. The summed E-state index contributed by atoms with van der Waals surface area (Å²) in [5, 5.41) is 0. The summed E-state index contributed by atoms with van der Waals surface area (Å²) in [5.74, 6) is 0.187. The molecule has 0 aliphatic heterocycles. The highest BCUT2D eigenvalue weighted by molar-refractivity contribution is 5.80. The lowest BCUT2D eigenvalue weighted by molar-refractivity contribution is -0.143. The molecule has 2 heteroatoms. The van der Waals surface area contributed by atoms with Gasteiger partial charge in [-0.15, -0.1) is 0 Å². The molecule has 2 rings (SSSR count). The van der Waals surface area contributed by atoms with Gasteiger partial charge in [-0.25, -0.2) is 0 Å². The normalized spacial score (nSPS) is 35.0. The van der Waals surface area contributed by atoms with Crippen LogP contribution in [0.2, 0.25) is 0 Å². The minimum absolute atomic E-state index is 0.00694. The van der Waals surface area contributed by atoms with Crippen LogP contribution in [0.5, 0.6) is 0 Å². The largest absolute Gasteiger partial charge is 0.469 e. The molecule has 2 aliphatic rings. The van der Waals surface area contributed by atoms with Crippen LogP contribution in [0.4, 0.5) is 0 Å². The number of hydrogen-bond donors (Lipinski definition) is 0. The minimum atomic E-state index is -0.00694. The van der Waals surface area contributed by atoms with E-state index in [4.69, 9.17) is 4.74 Å². The number of carbonyl (C=O) groups excluding carboxylic acids is 1. The van der Waals surface area contributed by atoms with E-state index in [0.29, 0.717) is 5.41 Å². The average Bonchev–Trinajstić information content (AvgIpc) is 2.76. The van der Waals surface area contributed by atoms with Gasteiger partial charge >= 0.3 is 5.97 Å². The molecule has 0 amide bonds. The van der Waals surface area contributed by atoms with Gasteiger partial charge < -0.3 is 4.74 Å². The average molecular weight is 154 g/mol. The molecule has 2 fully saturated rings. The number of esters is 1. The van der Waals surface area contributed by atoms with Gasteiger partial charge in [0.15, 0.2) is 0 Å². The maximum absolute atomic E-state index is 11.2. The molecule has 0 radical (unpaired) electrons. The van der Waals surface area contributed by atoms with Crippen molar-refractivity contribution in [3.63, 3.8) is 0 Å². The van der Waals surface area contributed by atoms with Crippen LogP contribution < -0.4 is 0 Å². The van der Waals surface area contributed by atoms with Crippen molar-refractivity contribution in [3.05, 3.63) is 0 Å². The SMILES string of the molecule is COC(=O)C1C(C)(C)C12CC2. The summed E-state index contributed by atoms with van der Waals surface area (Å²) >= 11 is 0. The Bertz CT molecular complexity index is 210. The molecule has 0 aromatic rings. The van der Waals surface area contributed by atoms with Gasteiger partial charge in [-0.05, 0) is 23.7 Å². The zero-order valence-electron chi connectivity index (χ0n) is 7.31. The van der Waals surface area contributed by atoms with Crippen LogP contribution in [0.1, 0.15) is 26.7 Å². The molecule has 11 heavy (non-hydrogen) atoms. The fourth-order valence-electron chi connectivity index (χ4n) is 2.65. The van der Waals surface area contributed by atoms with Crippen molar-refractivity contribution in [1.82, 2.24) is 0 Å². The zero-order chi connectivity index (χ0) is 8.28.